The molecule has 132 valence electrons. The SMILES string of the molecule is CC(NC(=O)NC1CCc2ccccc21)C(O)c1ccc(F)c(F)c1. The van der Waals surface area contributed by atoms with Gasteiger partial charge in [0.1, 0.15) is 0 Å². The average molecular weight is 346 g/mol. The highest BCUT2D eigenvalue weighted by molar-refractivity contribution is 5.75. The van der Waals surface area contributed by atoms with Crippen molar-refractivity contribution in [3.8, 4) is 0 Å². The molecule has 0 heterocycles. The number of nitrogens with one attached hydrogen (secondary N) is 2. The first-order valence-electron chi connectivity index (χ1n) is 8.23. The molecular weight excluding hydrogens is 326 g/mol. The van der Waals surface area contributed by atoms with Crippen LogP contribution in [0, 0.1) is 11.6 Å². The van der Waals surface area contributed by atoms with Gasteiger partial charge in [-0.25, -0.2) is 13.6 Å². The number of hydrogen-bond acceptors (Lipinski definition) is 2. The number of aliphatic hydroxyl groups excluding tert-OH is 1. The number of amides is 2. The Labute approximate surface area is 144 Å². The molecule has 2 aromatic rings. The van der Waals surface area contributed by atoms with E-state index in [0.29, 0.717) is 0 Å². The molecule has 0 fully saturated rings. The van der Waals surface area contributed by atoms with Gasteiger partial charge in [-0.05, 0) is 48.6 Å². The van der Waals surface area contributed by atoms with Crippen molar-refractivity contribution in [2.45, 2.75) is 38.0 Å². The molecule has 3 unspecified atom stereocenters. The van der Waals surface area contributed by atoms with Gasteiger partial charge < -0.3 is 15.7 Å². The Morgan fingerprint density at radius 3 is 2.72 bits per heavy atom. The summed E-state index contributed by atoms with van der Waals surface area (Å²) in [4.78, 5) is 12.2. The molecule has 4 nitrogen and oxygen atoms in total. The summed E-state index contributed by atoms with van der Waals surface area (Å²) in [6.45, 7) is 1.61. The van der Waals surface area contributed by atoms with Crippen LogP contribution >= 0.6 is 0 Å². The quantitative estimate of drug-likeness (QED) is 0.795. The summed E-state index contributed by atoms with van der Waals surface area (Å²) in [6, 6.07) is 10.00. The number of hydrogen-bond donors (Lipinski definition) is 3. The van der Waals surface area contributed by atoms with Crippen LogP contribution < -0.4 is 10.6 Å². The molecule has 3 N–H and O–H groups in total. The zero-order valence-corrected chi connectivity index (χ0v) is 13.8. The maximum Gasteiger partial charge on any atom is 0.315 e. The number of urea groups is 1. The van der Waals surface area contributed by atoms with E-state index in [2.05, 4.69) is 10.6 Å². The van der Waals surface area contributed by atoms with Crippen molar-refractivity contribution in [3.05, 3.63) is 70.8 Å². The Kier molecular flexibility index (Phi) is 4.99. The van der Waals surface area contributed by atoms with Crippen molar-refractivity contribution in [1.82, 2.24) is 10.6 Å². The number of aryl methyl sites for hydroxylation is 1. The lowest BCUT2D eigenvalue weighted by Crippen LogP contribution is -2.44. The van der Waals surface area contributed by atoms with Crippen molar-refractivity contribution in [2.24, 2.45) is 0 Å². The van der Waals surface area contributed by atoms with E-state index in [4.69, 9.17) is 0 Å². The average Bonchev–Trinajstić information content (AvgIpc) is 2.99. The summed E-state index contributed by atoms with van der Waals surface area (Å²) in [6.07, 6.45) is 0.595. The van der Waals surface area contributed by atoms with Gasteiger partial charge in [0.25, 0.3) is 0 Å². The smallest absolute Gasteiger partial charge is 0.315 e. The molecule has 0 bridgehead atoms. The zero-order chi connectivity index (χ0) is 18.0. The van der Waals surface area contributed by atoms with Crippen molar-refractivity contribution >= 4 is 6.03 Å². The highest BCUT2D eigenvalue weighted by Crippen LogP contribution is 2.30. The summed E-state index contributed by atoms with van der Waals surface area (Å²) in [5.74, 6) is -2.01. The third-order valence-corrected chi connectivity index (χ3v) is 4.56. The molecule has 2 amide bonds. The number of carbonyl (C=O) groups excluding carboxylic acids is 1. The van der Waals surface area contributed by atoms with Gasteiger partial charge in [0.2, 0.25) is 0 Å². The first-order chi connectivity index (χ1) is 12.0. The third kappa shape index (κ3) is 3.79. The molecule has 1 aliphatic rings. The maximum atomic E-state index is 13.3. The first-order valence-corrected chi connectivity index (χ1v) is 8.23. The van der Waals surface area contributed by atoms with Gasteiger partial charge in [0.15, 0.2) is 11.6 Å². The lowest BCUT2D eigenvalue weighted by Gasteiger charge is -2.22. The molecule has 0 radical (unpaired) electrons. The van der Waals surface area contributed by atoms with Crippen molar-refractivity contribution in [2.75, 3.05) is 0 Å². The fraction of sp³-hybridized carbons (Fsp3) is 0.316. The van der Waals surface area contributed by atoms with E-state index in [1.54, 1.807) is 6.92 Å². The Balaban J connectivity index is 1.60. The lowest BCUT2D eigenvalue weighted by atomic mass is 10.0. The van der Waals surface area contributed by atoms with E-state index in [0.717, 1.165) is 30.5 Å². The van der Waals surface area contributed by atoms with E-state index in [1.807, 2.05) is 24.3 Å². The molecule has 0 spiro atoms. The molecule has 2 aromatic carbocycles. The molecule has 3 atom stereocenters. The van der Waals surface area contributed by atoms with Crippen LogP contribution in [0.2, 0.25) is 0 Å². The Morgan fingerprint density at radius 1 is 1.20 bits per heavy atom. The Hall–Kier alpha value is -2.47. The van der Waals surface area contributed by atoms with E-state index in [-0.39, 0.29) is 11.6 Å². The number of rotatable bonds is 4. The molecule has 0 saturated heterocycles. The monoisotopic (exact) mass is 346 g/mol. The second-order valence-electron chi connectivity index (χ2n) is 6.31. The lowest BCUT2D eigenvalue weighted by molar-refractivity contribution is 0.136. The van der Waals surface area contributed by atoms with Gasteiger partial charge in [-0.3, -0.25) is 0 Å². The van der Waals surface area contributed by atoms with Crippen LogP contribution in [0.15, 0.2) is 42.5 Å². The zero-order valence-electron chi connectivity index (χ0n) is 13.8. The molecule has 3 rings (SSSR count). The fourth-order valence-corrected chi connectivity index (χ4v) is 3.18. The standard InChI is InChI=1S/C19H20F2N2O2/c1-11(18(24)13-6-8-15(20)16(21)10-13)22-19(25)23-17-9-7-12-4-2-3-5-14(12)17/h2-6,8,10-11,17-18,24H,7,9H2,1H3,(H2,22,23,25). The van der Waals surface area contributed by atoms with Crippen LogP contribution in [0.5, 0.6) is 0 Å². The molecule has 6 heteroatoms. The number of fused-ring (bicyclic) bond motifs is 1. The van der Waals surface area contributed by atoms with Gasteiger partial charge in [-0.1, -0.05) is 30.3 Å². The van der Waals surface area contributed by atoms with E-state index in [9.17, 15) is 18.7 Å². The summed E-state index contributed by atoms with van der Waals surface area (Å²) in [5, 5.41) is 15.8. The molecule has 1 aliphatic carbocycles. The van der Waals surface area contributed by atoms with E-state index in [1.165, 1.54) is 11.6 Å². The van der Waals surface area contributed by atoms with Crippen LogP contribution in [0.4, 0.5) is 13.6 Å². The largest absolute Gasteiger partial charge is 0.386 e. The minimum Gasteiger partial charge on any atom is -0.386 e. The predicted octanol–water partition coefficient (Wildman–Crippen LogP) is 3.37. The van der Waals surface area contributed by atoms with Crippen LogP contribution in [-0.4, -0.2) is 17.2 Å². The van der Waals surface area contributed by atoms with Crippen molar-refractivity contribution in [3.63, 3.8) is 0 Å². The normalized spacial score (nSPS) is 18.3. The van der Waals surface area contributed by atoms with Gasteiger partial charge in [0.05, 0.1) is 18.2 Å². The molecule has 25 heavy (non-hydrogen) atoms. The topological polar surface area (TPSA) is 61.4 Å². The van der Waals surface area contributed by atoms with Gasteiger partial charge in [-0.2, -0.15) is 0 Å². The predicted molar refractivity (Wildman–Crippen MR) is 90.0 cm³/mol. The van der Waals surface area contributed by atoms with Crippen LogP contribution in [0.25, 0.3) is 0 Å². The highest BCUT2D eigenvalue weighted by Gasteiger charge is 2.25. The summed E-state index contributed by atoms with van der Waals surface area (Å²) in [5.41, 5.74) is 2.53. The third-order valence-electron chi connectivity index (χ3n) is 4.56. The Morgan fingerprint density at radius 2 is 1.96 bits per heavy atom. The number of carbonyl (C=O) groups is 1. The second-order valence-corrected chi connectivity index (χ2v) is 6.31. The van der Waals surface area contributed by atoms with Gasteiger partial charge in [0, 0.05) is 0 Å². The molecule has 0 aliphatic heterocycles. The van der Waals surface area contributed by atoms with E-state index < -0.39 is 29.8 Å². The summed E-state index contributed by atoms with van der Waals surface area (Å²) < 4.78 is 26.3. The Bertz CT molecular complexity index is 782. The van der Waals surface area contributed by atoms with Crippen LogP contribution in [0.1, 0.15) is 42.2 Å². The maximum absolute atomic E-state index is 13.3. The van der Waals surface area contributed by atoms with Crippen molar-refractivity contribution < 1.29 is 18.7 Å². The van der Waals surface area contributed by atoms with Crippen molar-refractivity contribution in [1.29, 1.82) is 0 Å². The minimum atomic E-state index is -1.14. The summed E-state index contributed by atoms with van der Waals surface area (Å²) in [7, 11) is 0. The highest BCUT2D eigenvalue weighted by atomic mass is 19.2. The van der Waals surface area contributed by atoms with Gasteiger partial charge >= 0.3 is 6.03 Å². The van der Waals surface area contributed by atoms with Gasteiger partial charge in [-0.15, -0.1) is 0 Å². The second kappa shape index (κ2) is 7.19. The number of benzene rings is 2. The van der Waals surface area contributed by atoms with Crippen LogP contribution in [-0.2, 0) is 6.42 Å². The molecule has 0 aromatic heterocycles. The first kappa shape index (κ1) is 17.4. The molecule has 0 saturated carbocycles. The summed E-state index contributed by atoms with van der Waals surface area (Å²) >= 11 is 0. The fourth-order valence-electron chi connectivity index (χ4n) is 3.18. The number of halogens is 2. The van der Waals surface area contributed by atoms with Crippen LogP contribution in [0.3, 0.4) is 0 Å². The molecular formula is C19H20F2N2O2. The minimum absolute atomic E-state index is 0.0659. The number of aliphatic hydroxyl groups is 1. The van der Waals surface area contributed by atoms with E-state index >= 15 is 0 Å².